The molecule has 1 aliphatic rings. The van der Waals surface area contributed by atoms with E-state index in [0.717, 1.165) is 6.54 Å². The largest absolute Gasteiger partial charge is 0.503 e. The summed E-state index contributed by atoms with van der Waals surface area (Å²) in [6.45, 7) is 1.17. The van der Waals surface area contributed by atoms with Crippen LogP contribution in [0, 0.1) is 0 Å². The van der Waals surface area contributed by atoms with Gasteiger partial charge in [0.1, 0.15) is 18.9 Å². The maximum absolute atomic E-state index is 12.2. The van der Waals surface area contributed by atoms with Crippen LogP contribution in [0.2, 0.25) is 0 Å². The molecule has 0 radical (unpaired) electrons. The lowest BCUT2D eigenvalue weighted by atomic mass is 10.3. The molecule has 1 saturated heterocycles. The summed E-state index contributed by atoms with van der Waals surface area (Å²) in [7, 11) is 0.606. The fourth-order valence-corrected chi connectivity index (χ4v) is 3.10. The van der Waals surface area contributed by atoms with Crippen LogP contribution >= 0.6 is 7.75 Å². The normalized spacial score (nSPS) is 28.6. The highest BCUT2D eigenvalue weighted by Crippen LogP contribution is 2.46. The summed E-state index contributed by atoms with van der Waals surface area (Å²) >= 11 is 0. The zero-order chi connectivity index (χ0) is 11.6. The molecule has 1 atom stereocenters. The molecule has 1 heterocycles. The first-order valence-corrected chi connectivity index (χ1v) is 6.65. The molecule has 0 saturated carbocycles. The summed E-state index contributed by atoms with van der Waals surface area (Å²) in [6.07, 6.45) is 0. The SMILES string of the molecule is C[N+]1(C)CCOP(=O)(Oc2ccccc2)N1. The van der Waals surface area contributed by atoms with Crippen LogP contribution in [0.5, 0.6) is 5.75 Å². The van der Waals surface area contributed by atoms with E-state index >= 15 is 0 Å². The standard InChI is InChI=1S/C10H16N2O3P/c1-12(2)8-9-14-16(13,11-12)15-10-6-4-3-5-7-10/h3-7H,8-9H2,1-2H3,(H,11,13)/q+1. The fourth-order valence-electron chi connectivity index (χ4n) is 1.47. The van der Waals surface area contributed by atoms with E-state index in [9.17, 15) is 4.57 Å². The van der Waals surface area contributed by atoms with Crippen molar-refractivity contribution in [2.24, 2.45) is 0 Å². The Bertz CT molecular complexity index is 408. The first-order chi connectivity index (χ1) is 7.49. The van der Waals surface area contributed by atoms with Crippen LogP contribution in [-0.4, -0.2) is 31.8 Å². The number of nitrogens with zero attached hydrogens (tertiary/aromatic N) is 1. The monoisotopic (exact) mass is 243 g/mol. The maximum Gasteiger partial charge on any atom is 0.503 e. The highest BCUT2D eigenvalue weighted by Gasteiger charge is 2.40. The second kappa shape index (κ2) is 4.18. The van der Waals surface area contributed by atoms with Gasteiger partial charge in [0.05, 0.1) is 14.1 Å². The lowest BCUT2D eigenvalue weighted by Crippen LogP contribution is -2.55. The average Bonchev–Trinajstić information content (AvgIpc) is 2.16. The number of rotatable bonds is 2. The molecule has 6 heteroatoms. The van der Waals surface area contributed by atoms with E-state index in [2.05, 4.69) is 5.20 Å². The van der Waals surface area contributed by atoms with Crippen LogP contribution in [-0.2, 0) is 9.09 Å². The van der Waals surface area contributed by atoms with E-state index in [1.165, 1.54) is 0 Å². The van der Waals surface area contributed by atoms with Gasteiger partial charge in [0, 0.05) is 0 Å². The van der Waals surface area contributed by atoms with Gasteiger partial charge >= 0.3 is 7.75 Å². The van der Waals surface area contributed by atoms with Gasteiger partial charge < -0.3 is 4.52 Å². The van der Waals surface area contributed by atoms with E-state index < -0.39 is 7.75 Å². The molecular formula is C10H16N2O3P+. The molecule has 0 spiro atoms. The van der Waals surface area contributed by atoms with Crippen LogP contribution in [0.4, 0.5) is 0 Å². The summed E-state index contributed by atoms with van der Waals surface area (Å²) in [5.41, 5.74) is 0. The van der Waals surface area contributed by atoms with Gasteiger partial charge in [0.15, 0.2) is 0 Å². The van der Waals surface area contributed by atoms with Crippen LogP contribution < -0.4 is 9.72 Å². The molecule has 1 N–H and O–H groups in total. The number of likely N-dealkylation sites (N-methyl/N-ethyl adjacent to an activating group) is 1. The van der Waals surface area contributed by atoms with Crippen molar-refractivity contribution in [2.45, 2.75) is 0 Å². The number of hydrogen-bond acceptors (Lipinski definition) is 3. The number of benzene rings is 1. The molecule has 2 rings (SSSR count). The van der Waals surface area contributed by atoms with Crippen molar-refractivity contribution in [3.8, 4) is 5.75 Å². The number of hydrogen-bond donors (Lipinski definition) is 1. The maximum atomic E-state index is 12.2. The van der Waals surface area contributed by atoms with E-state index in [1.54, 1.807) is 12.1 Å². The molecule has 16 heavy (non-hydrogen) atoms. The highest BCUT2D eigenvalue weighted by molar-refractivity contribution is 7.51. The number of quaternary nitrogens is 1. The first kappa shape index (κ1) is 11.6. The Kier molecular flexibility index (Phi) is 3.04. The third-order valence-electron chi connectivity index (χ3n) is 2.27. The van der Waals surface area contributed by atoms with Crippen LogP contribution in [0.3, 0.4) is 0 Å². The number of para-hydroxylation sites is 1. The molecule has 0 aromatic heterocycles. The molecule has 1 aliphatic heterocycles. The molecule has 5 nitrogen and oxygen atoms in total. The van der Waals surface area contributed by atoms with Crippen LogP contribution in [0.15, 0.2) is 30.3 Å². The summed E-state index contributed by atoms with van der Waals surface area (Å²) < 4.78 is 23.3. The van der Waals surface area contributed by atoms with Crippen molar-refractivity contribution in [1.82, 2.24) is 5.20 Å². The molecule has 1 unspecified atom stereocenters. The van der Waals surface area contributed by atoms with Crippen molar-refractivity contribution < 1.29 is 18.2 Å². The Labute approximate surface area is 95.1 Å². The third kappa shape index (κ3) is 2.83. The molecule has 0 amide bonds. The summed E-state index contributed by atoms with van der Waals surface area (Å²) in [4.78, 5) is 0. The van der Waals surface area contributed by atoms with E-state index in [0.29, 0.717) is 16.9 Å². The highest BCUT2D eigenvalue weighted by atomic mass is 31.2. The second-order valence-corrected chi connectivity index (χ2v) is 5.88. The Morgan fingerprint density at radius 3 is 2.69 bits per heavy atom. The quantitative estimate of drug-likeness (QED) is 0.635. The van der Waals surface area contributed by atoms with Crippen molar-refractivity contribution in [3.63, 3.8) is 0 Å². The zero-order valence-electron chi connectivity index (χ0n) is 9.42. The molecule has 1 aromatic rings. The van der Waals surface area contributed by atoms with Gasteiger partial charge in [-0.05, 0) is 12.1 Å². The van der Waals surface area contributed by atoms with E-state index in [-0.39, 0.29) is 0 Å². The summed E-state index contributed by atoms with van der Waals surface area (Å²) in [5.74, 6) is 0.542. The minimum atomic E-state index is -3.23. The first-order valence-electron chi connectivity index (χ1n) is 5.11. The lowest BCUT2D eigenvalue weighted by molar-refractivity contribution is -0.925. The summed E-state index contributed by atoms with van der Waals surface area (Å²) in [6, 6.07) is 9.02. The molecular weight excluding hydrogens is 227 g/mol. The van der Waals surface area contributed by atoms with Crippen LogP contribution in [0.25, 0.3) is 0 Å². The molecule has 88 valence electrons. The van der Waals surface area contributed by atoms with Crippen LogP contribution in [0.1, 0.15) is 0 Å². The number of nitrogens with one attached hydrogen (secondary N) is 1. The lowest BCUT2D eigenvalue weighted by Gasteiger charge is -2.36. The van der Waals surface area contributed by atoms with Gasteiger partial charge in [0.25, 0.3) is 0 Å². The van der Waals surface area contributed by atoms with Gasteiger partial charge in [-0.1, -0.05) is 23.4 Å². The van der Waals surface area contributed by atoms with Gasteiger partial charge in [-0.3, -0.25) is 4.52 Å². The molecule has 0 bridgehead atoms. The van der Waals surface area contributed by atoms with Crippen molar-refractivity contribution in [3.05, 3.63) is 30.3 Å². The van der Waals surface area contributed by atoms with Crippen molar-refractivity contribution in [2.75, 3.05) is 27.2 Å². The van der Waals surface area contributed by atoms with Crippen molar-refractivity contribution in [1.29, 1.82) is 0 Å². The predicted octanol–water partition coefficient (Wildman–Crippen LogP) is 1.78. The Hall–Kier alpha value is -0.870. The molecule has 0 aliphatic carbocycles. The second-order valence-electron chi connectivity index (χ2n) is 4.24. The fraction of sp³-hybridized carbons (Fsp3) is 0.400. The van der Waals surface area contributed by atoms with Gasteiger partial charge in [-0.15, -0.1) is 0 Å². The molecule has 1 aromatic carbocycles. The average molecular weight is 243 g/mol. The zero-order valence-corrected chi connectivity index (χ0v) is 10.3. The minimum absolute atomic E-state index is 0.421. The predicted molar refractivity (Wildman–Crippen MR) is 60.7 cm³/mol. The Morgan fingerprint density at radius 1 is 1.38 bits per heavy atom. The van der Waals surface area contributed by atoms with E-state index in [4.69, 9.17) is 9.05 Å². The Balaban J connectivity index is 2.12. The summed E-state index contributed by atoms with van der Waals surface area (Å²) in [5, 5.41) is 2.87. The minimum Gasteiger partial charge on any atom is -0.410 e. The van der Waals surface area contributed by atoms with Gasteiger partial charge in [-0.2, -0.15) is 0 Å². The smallest absolute Gasteiger partial charge is 0.410 e. The topological polar surface area (TPSA) is 47.6 Å². The van der Waals surface area contributed by atoms with Crippen molar-refractivity contribution >= 4 is 7.75 Å². The van der Waals surface area contributed by atoms with Gasteiger partial charge in [0.2, 0.25) is 0 Å². The Morgan fingerprint density at radius 2 is 2.06 bits per heavy atom. The third-order valence-corrected chi connectivity index (χ3v) is 4.03. The van der Waals surface area contributed by atoms with Gasteiger partial charge in [-0.25, -0.2) is 9.16 Å². The molecule has 1 fully saturated rings. The van der Waals surface area contributed by atoms with E-state index in [1.807, 2.05) is 32.3 Å².